The third-order valence-electron chi connectivity index (χ3n) is 4.75. The van der Waals surface area contributed by atoms with E-state index in [1.165, 1.54) is 32.1 Å². The van der Waals surface area contributed by atoms with E-state index in [1.807, 2.05) is 0 Å². The lowest BCUT2D eigenvalue weighted by Crippen LogP contribution is -2.42. The maximum Gasteiger partial charge on any atom is 0.0383 e. The van der Waals surface area contributed by atoms with Gasteiger partial charge in [-0.25, -0.2) is 0 Å². The average Bonchev–Trinajstić information content (AvgIpc) is 2.28. The fraction of sp³-hybridized carbons (Fsp3) is 1.00. The van der Waals surface area contributed by atoms with Gasteiger partial charge in [0.05, 0.1) is 0 Å². The lowest BCUT2D eigenvalue weighted by molar-refractivity contribution is 0.135. The lowest BCUT2D eigenvalue weighted by Gasteiger charge is -2.39. The molecule has 0 saturated heterocycles. The zero-order valence-corrected chi connectivity index (χ0v) is 13.6. The lowest BCUT2D eigenvalue weighted by atomic mass is 9.69. The predicted molar refractivity (Wildman–Crippen MR) is 81.3 cm³/mol. The summed E-state index contributed by atoms with van der Waals surface area (Å²) in [4.78, 5) is 0. The van der Waals surface area contributed by atoms with Gasteiger partial charge in [0.2, 0.25) is 0 Å². The number of nitrogens with one attached hydrogen (secondary N) is 1. The molecule has 0 spiro atoms. The normalized spacial score (nSPS) is 28.9. The molecule has 0 aromatic heterocycles. The summed E-state index contributed by atoms with van der Waals surface area (Å²) in [5, 5.41) is 3.65. The molecule has 0 aliphatic heterocycles. The first kappa shape index (κ1) is 16.2. The van der Waals surface area contributed by atoms with Gasteiger partial charge in [-0.1, -0.05) is 27.2 Å². The van der Waals surface area contributed by atoms with Gasteiger partial charge in [0.25, 0.3) is 0 Å². The van der Waals surface area contributed by atoms with Crippen LogP contribution in [0.3, 0.4) is 0 Å². The van der Waals surface area contributed by atoms with Crippen LogP contribution in [0.2, 0.25) is 0 Å². The molecule has 1 aliphatic carbocycles. The van der Waals surface area contributed by atoms with Crippen LogP contribution in [0.15, 0.2) is 0 Å². The summed E-state index contributed by atoms with van der Waals surface area (Å²) in [6.45, 7) is 9.29. The van der Waals surface area contributed by atoms with Crippen molar-refractivity contribution >= 4 is 10.8 Å². The van der Waals surface area contributed by atoms with Gasteiger partial charge >= 0.3 is 0 Å². The van der Waals surface area contributed by atoms with E-state index in [2.05, 4.69) is 33.0 Å². The smallest absolute Gasteiger partial charge is 0.0383 e. The van der Waals surface area contributed by atoms with Crippen molar-refractivity contribution in [2.24, 2.45) is 11.3 Å². The summed E-state index contributed by atoms with van der Waals surface area (Å²) >= 11 is 0. The van der Waals surface area contributed by atoms with Gasteiger partial charge < -0.3 is 5.32 Å². The summed E-state index contributed by atoms with van der Waals surface area (Å²) in [5.74, 6) is 1.66. The zero-order valence-electron chi connectivity index (χ0n) is 12.8. The Labute approximate surface area is 116 Å². The highest BCUT2D eigenvalue weighted by atomic mass is 32.2. The number of hydrogen-bond acceptors (Lipinski definition) is 2. The zero-order chi connectivity index (χ0) is 13.8. The van der Waals surface area contributed by atoms with Crippen molar-refractivity contribution in [2.45, 2.75) is 71.9 Å². The van der Waals surface area contributed by atoms with Crippen LogP contribution in [-0.2, 0) is 10.8 Å². The summed E-state index contributed by atoms with van der Waals surface area (Å²) in [7, 11) is -0.685. The fourth-order valence-corrected chi connectivity index (χ4v) is 3.93. The van der Waals surface area contributed by atoms with E-state index >= 15 is 0 Å². The molecule has 108 valence electrons. The van der Waals surface area contributed by atoms with E-state index in [4.69, 9.17) is 0 Å². The second-order valence-electron chi connectivity index (χ2n) is 6.70. The molecule has 1 aliphatic rings. The first-order valence-electron chi connectivity index (χ1n) is 7.41. The summed E-state index contributed by atoms with van der Waals surface area (Å²) in [5.41, 5.74) is 0.501. The second kappa shape index (κ2) is 7.04. The van der Waals surface area contributed by atoms with E-state index in [-0.39, 0.29) is 0 Å². The van der Waals surface area contributed by atoms with Gasteiger partial charge in [-0.3, -0.25) is 4.21 Å². The van der Waals surface area contributed by atoms with Crippen LogP contribution in [0.1, 0.15) is 59.8 Å². The molecule has 1 N–H and O–H groups in total. The maximum atomic E-state index is 11.2. The van der Waals surface area contributed by atoms with Crippen LogP contribution in [0.5, 0.6) is 0 Å². The molecule has 0 amide bonds. The maximum absolute atomic E-state index is 11.2. The Hall–Kier alpha value is 0.110. The van der Waals surface area contributed by atoms with Gasteiger partial charge in [-0.15, -0.1) is 0 Å². The van der Waals surface area contributed by atoms with Crippen LogP contribution in [0.4, 0.5) is 0 Å². The third-order valence-corrected chi connectivity index (χ3v) is 5.72. The van der Waals surface area contributed by atoms with E-state index in [1.54, 1.807) is 6.26 Å². The van der Waals surface area contributed by atoms with Gasteiger partial charge in [-0.05, 0) is 43.9 Å². The van der Waals surface area contributed by atoms with Gasteiger partial charge in [0.15, 0.2) is 0 Å². The van der Waals surface area contributed by atoms with Crippen molar-refractivity contribution in [1.29, 1.82) is 0 Å². The average molecular weight is 273 g/mol. The monoisotopic (exact) mass is 273 g/mol. The third kappa shape index (κ3) is 5.00. The Morgan fingerprint density at radius 2 is 1.83 bits per heavy atom. The number of hydrogen-bond donors (Lipinski definition) is 1. The van der Waals surface area contributed by atoms with Crippen molar-refractivity contribution in [3.05, 3.63) is 0 Å². The van der Waals surface area contributed by atoms with Crippen LogP contribution in [0.25, 0.3) is 0 Å². The van der Waals surface area contributed by atoms with Crippen molar-refractivity contribution in [3.63, 3.8) is 0 Å². The molecule has 0 aromatic carbocycles. The fourth-order valence-electron chi connectivity index (χ4n) is 3.13. The summed E-state index contributed by atoms with van der Waals surface area (Å²) < 4.78 is 11.2. The SMILES string of the molecule is CCC(C)(C)C1CCC(NC(C)CS(C)=O)CC1. The minimum absolute atomic E-state index is 0.386. The Morgan fingerprint density at radius 3 is 2.28 bits per heavy atom. The van der Waals surface area contributed by atoms with Crippen molar-refractivity contribution in [2.75, 3.05) is 12.0 Å². The Bertz CT molecular complexity index is 270. The molecule has 2 atom stereocenters. The molecule has 2 unspecified atom stereocenters. The van der Waals surface area contributed by atoms with Gasteiger partial charge in [0.1, 0.15) is 0 Å². The van der Waals surface area contributed by atoms with Crippen molar-refractivity contribution < 1.29 is 4.21 Å². The predicted octanol–water partition coefficient (Wildman–Crippen LogP) is 3.34. The topological polar surface area (TPSA) is 29.1 Å². The molecule has 0 radical (unpaired) electrons. The Balaban J connectivity index is 2.33. The summed E-state index contributed by atoms with van der Waals surface area (Å²) in [6, 6.07) is 1.03. The van der Waals surface area contributed by atoms with Crippen LogP contribution in [0, 0.1) is 11.3 Å². The molecule has 3 heteroatoms. The Morgan fingerprint density at radius 1 is 1.28 bits per heavy atom. The van der Waals surface area contributed by atoms with Crippen molar-refractivity contribution in [1.82, 2.24) is 5.32 Å². The van der Waals surface area contributed by atoms with Crippen LogP contribution >= 0.6 is 0 Å². The molecule has 1 fully saturated rings. The van der Waals surface area contributed by atoms with Gasteiger partial charge in [-0.2, -0.15) is 0 Å². The highest BCUT2D eigenvalue weighted by Crippen LogP contribution is 2.40. The molecular weight excluding hydrogens is 242 g/mol. The number of rotatable bonds is 6. The summed E-state index contributed by atoms with van der Waals surface area (Å²) in [6.07, 6.45) is 8.34. The van der Waals surface area contributed by atoms with E-state index < -0.39 is 10.8 Å². The second-order valence-corrected chi connectivity index (χ2v) is 8.18. The molecule has 0 heterocycles. The first-order chi connectivity index (χ1) is 8.35. The molecule has 0 aromatic rings. The van der Waals surface area contributed by atoms with Crippen LogP contribution < -0.4 is 5.32 Å². The van der Waals surface area contributed by atoms with Gasteiger partial charge in [0, 0.05) is 34.9 Å². The Kier molecular flexibility index (Phi) is 6.32. The minimum atomic E-state index is -0.685. The molecular formula is C15H31NOS. The standard InChI is InChI=1S/C15H31NOS/c1-6-15(3,4)13-7-9-14(10-8-13)16-12(2)11-18(5)17/h12-14,16H,6-11H2,1-5H3. The molecule has 2 nitrogen and oxygen atoms in total. The molecule has 0 bridgehead atoms. The van der Waals surface area contributed by atoms with Crippen molar-refractivity contribution in [3.8, 4) is 0 Å². The highest BCUT2D eigenvalue weighted by Gasteiger charge is 2.31. The van der Waals surface area contributed by atoms with E-state index in [9.17, 15) is 4.21 Å². The molecule has 1 rings (SSSR count). The largest absolute Gasteiger partial charge is 0.311 e. The first-order valence-corrected chi connectivity index (χ1v) is 9.14. The quantitative estimate of drug-likeness (QED) is 0.804. The van der Waals surface area contributed by atoms with E-state index in [0.29, 0.717) is 17.5 Å². The van der Waals surface area contributed by atoms with E-state index in [0.717, 1.165) is 11.7 Å². The van der Waals surface area contributed by atoms with Crippen LogP contribution in [-0.4, -0.2) is 28.3 Å². The highest BCUT2D eigenvalue weighted by molar-refractivity contribution is 7.84. The minimum Gasteiger partial charge on any atom is -0.311 e. The molecule has 1 saturated carbocycles. The molecule has 18 heavy (non-hydrogen) atoms.